The van der Waals surface area contributed by atoms with Gasteiger partial charge in [-0.2, -0.15) is 0 Å². The highest BCUT2D eigenvalue weighted by molar-refractivity contribution is 7.90. The van der Waals surface area contributed by atoms with Gasteiger partial charge in [0.25, 0.3) is 0 Å². The number of nitrogens with zero attached hydrogens (tertiary/aromatic N) is 2. The Morgan fingerprint density at radius 1 is 1.19 bits per heavy atom. The van der Waals surface area contributed by atoms with Gasteiger partial charge in [0.1, 0.15) is 6.33 Å². The first-order valence-corrected chi connectivity index (χ1v) is 6.53. The molecule has 1 heterocycles. The number of rotatable bonds is 2. The highest BCUT2D eigenvalue weighted by Gasteiger charge is 2.08. The molecule has 2 rings (SSSR count). The van der Waals surface area contributed by atoms with Crippen molar-refractivity contribution in [2.24, 2.45) is 0 Å². The first kappa shape index (κ1) is 10.8. The Bertz CT molecular complexity index is 594. The third-order valence-corrected chi connectivity index (χ3v) is 3.25. The van der Waals surface area contributed by atoms with Crippen molar-refractivity contribution in [1.82, 2.24) is 9.97 Å². The predicted molar refractivity (Wildman–Crippen MR) is 60.6 cm³/mol. The Morgan fingerprint density at radius 2 is 2.00 bits per heavy atom. The first-order valence-electron chi connectivity index (χ1n) is 4.64. The molecule has 0 atom stereocenters. The highest BCUT2D eigenvalue weighted by Crippen LogP contribution is 2.19. The van der Waals surface area contributed by atoms with Gasteiger partial charge in [-0.25, -0.2) is 18.4 Å². The Labute approximate surface area is 93.9 Å². The highest BCUT2D eigenvalue weighted by atomic mass is 32.2. The van der Waals surface area contributed by atoms with E-state index in [2.05, 4.69) is 9.97 Å². The van der Waals surface area contributed by atoms with Crippen molar-refractivity contribution in [1.29, 1.82) is 0 Å². The summed E-state index contributed by atoms with van der Waals surface area (Å²) in [7, 11) is -3.18. The van der Waals surface area contributed by atoms with Gasteiger partial charge in [-0.1, -0.05) is 12.1 Å². The standard InChI is InChI=1S/C11H10N2O2S/c1-16(14,15)10-4-2-3-9(7-10)11-5-6-12-8-13-11/h2-8H,1H3. The summed E-state index contributed by atoms with van der Waals surface area (Å²) in [5.74, 6) is 0. The second-order valence-corrected chi connectivity index (χ2v) is 5.41. The lowest BCUT2D eigenvalue weighted by Gasteiger charge is -2.02. The quantitative estimate of drug-likeness (QED) is 0.791. The molecule has 1 aromatic heterocycles. The molecule has 82 valence electrons. The van der Waals surface area contributed by atoms with Crippen LogP contribution in [-0.4, -0.2) is 24.6 Å². The van der Waals surface area contributed by atoms with Gasteiger partial charge in [0.2, 0.25) is 0 Å². The minimum Gasteiger partial charge on any atom is -0.245 e. The van der Waals surface area contributed by atoms with Crippen LogP contribution in [0.4, 0.5) is 0 Å². The van der Waals surface area contributed by atoms with E-state index in [1.165, 1.54) is 12.6 Å². The minimum absolute atomic E-state index is 0.295. The zero-order valence-electron chi connectivity index (χ0n) is 8.66. The summed E-state index contributed by atoms with van der Waals surface area (Å²) in [4.78, 5) is 8.17. The van der Waals surface area contributed by atoms with Crippen LogP contribution in [0.2, 0.25) is 0 Å². The number of hydrogen-bond acceptors (Lipinski definition) is 4. The Balaban J connectivity index is 2.53. The van der Waals surface area contributed by atoms with Gasteiger partial charge < -0.3 is 0 Å². The smallest absolute Gasteiger partial charge is 0.175 e. The number of sulfone groups is 1. The molecule has 16 heavy (non-hydrogen) atoms. The van der Waals surface area contributed by atoms with E-state index in [9.17, 15) is 8.42 Å². The summed E-state index contributed by atoms with van der Waals surface area (Å²) in [5, 5.41) is 0. The molecule has 0 aliphatic rings. The maximum absolute atomic E-state index is 11.4. The molecule has 4 nitrogen and oxygen atoms in total. The van der Waals surface area contributed by atoms with Crippen molar-refractivity contribution < 1.29 is 8.42 Å². The first-order chi connectivity index (χ1) is 7.57. The third-order valence-electron chi connectivity index (χ3n) is 2.14. The van der Waals surface area contributed by atoms with Gasteiger partial charge in [-0.05, 0) is 18.2 Å². The Morgan fingerprint density at radius 3 is 2.62 bits per heavy atom. The SMILES string of the molecule is CS(=O)(=O)c1cccc(-c2ccncn2)c1. The summed E-state index contributed by atoms with van der Waals surface area (Å²) in [6, 6.07) is 8.43. The number of aromatic nitrogens is 2. The molecule has 1 aromatic carbocycles. The fourth-order valence-electron chi connectivity index (χ4n) is 1.35. The third kappa shape index (κ3) is 2.25. The molecule has 0 spiro atoms. The molecule has 0 radical (unpaired) electrons. The van der Waals surface area contributed by atoms with E-state index in [0.717, 1.165) is 5.56 Å². The normalized spacial score (nSPS) is 11.3. The van der Waals surface area contributed by atoms with Crippen LogP contribution >= 0.6 is 0 Å². The van der Waals surface area contributed by atoms with Gasteiger partial charge in [-0.15, -0.1) is 0 Å². The van der Waals surface area contributed by atoms with Crippen molar-refractivity contribution in [3.8, 4) is 11.3 Å². The zero-order chi connectivity index (χ0) is 11.6. The molecule has 0 N–H and O–H groups in total. The van der Waals surface area contributed by atoms with E-state index in [0.29, 0.717) is 10.6 Å². The lowest BCUT2D eigenvalue weighted by Crippen LogP contribution is -1.97. The van der Waals surface area contributed by atoms with Gasteiger partial charge in [0, 0.05) is 18.0 Å². The summed E-state index contributed by atoms with van der Waals surface area (Å²) in [6.07, 6.45) is 4.24. The fraction of sp³-hybridized carbons (Fsp3) is 0.0909. The van der Waals surface area contributed by atoms with Crippen molar-refractivity contribution >= 4 is 9.84 Å². The average molecular weight is 234 g/mol. The topological polar surface area (TPSA) is 59.9 Å². The molecule has 0 bridgehead atoms. The molecule has 0 unspecified atom stereocenters. The van der Waals surface area contributed by atoms with Crippen molar-refractivity contribution in [2.45, 2.75) is 4.90 Å². The molecule has 0 aliphatic carbocycles. The van der Waals surface area contributed by atoms with Crippen LogP contribution in [0.15, 0.2) is 47.8 Å². The second-order valence-electron chi connectivity index (χ2n) is 3.39. The van der Waals surface area contributed by atoms with Crippen LogP contribution in [0, 0.1) is 0 Å². The van der Waals surface area contributed by atoms with Crippen LogP contribution < -0.4 is 0 Å². The molecule has 0 aliphatic heterocycles. The van der Waals surface area contributed by atoms with E-state index in [4.69, 9.17) is 0 Å². The Hall–Kier alpha value is -1.75. The van der Waals surface area contributed by atoms with E-state index < -0.39 is 9.84 Å². The second kappa shape index (κ2) is 4.02. The molecule has 5 heteroatoms. The monoisotopic (exact) mass is 234 g/mol. The summed E-state index contributed by atoms with van der Waals surface area (Å²) in [6.45, 7) is 0. The summed E-state index contributed by atoms with van der Waals surface area (Å²) < 4.78 is 22.8. The van der Waals surface area contributed by atoms with Gasteiger partial charge >= 0.3 is 0 Å². The molecular formula is C11H10N2O2S. The largest absolute Gasteiger partial charge is 0.245 e. The van der Waals surface area contributed by atoms with Crippen LogP contribution in [0.1, 0.15) is 0 Å². The molecular weight excluding hydrogens is 224 g/mol. The molecule has 0 fully saturated rings. The average Bonchev–Trinajstić information content (AvgIpc) is 2.29. The van der Waals surface area contributed by atoms with E-state index in [1.807, 2.05) is 6.07 Å². The zero-order valence-corrected chi connectivity index (χ0v) is 9.48. The van der Waals surface area contributed by atoms with E-state index in [1.54, 1.807) is 30.5 Å². The number of hydrogen-bond donors (Lipinski definition) is 0. The van der Waals surface area contributed by atoms with Gasteiger partial charge in [-0.3, -0.25) is 0 Å². The summed E-state index contributed by atoms with van der Waals surface area (Å²) in [5.41, 5.74) is 1.48. The van der Waals surface area contributed by atoms with E-state index in [-0.39, 0.29) is 0 Å². The van der Waals surface area contributed by atoms with Crippen molar-refractivity contribution in [3.05, 3.63) is 42.9 Å². The maximum Gasteiger partial charge on any atom is 0.175 e. The van der Waals surface area contributed by atoms with E-state index >= 15 is 0 Å². The van der Waals surface area contributed by atoms with Crippen molar-refractivity contribution in [2.75, 3.05) is 6.26 Å². The van der Waals surface area contributed by atoms with Crippen molar-refractivity contribution in [3.63, 3.8) is 0 Å². The van der Waals surface area contributed by atoms with Crippen LogP contribution in [-0.2, 0) is 9.84 Å². The lowest BCUT2D eigenvalue weighted by atomic mass is 10.1. The van der Waals surface area contributed by atoms with Crippen LogP contribution in [0.5, 0.6) is 0 Å². The molecule has 0 saturated carbocycles. The molecule has 2 aromatic rings. The lowest BCUT2D eigenvalue weighted by molar-refractivity contribution is 0.602. The predicted octanol–water partition coefficient (Wildman–Crippen LogP) is 1.55. The van der Waals surface area contributed by atoms with Crippen LogP contribution in [0.25, 0.3) is 11.3 Å². The maximum atomic E-state index is 11.4. The minimum atomic E-state index is -3.18. The fourth-order valence-corrected chi connectivity index (χ4v) is 2.01. The van der Waals surface area contributed by atoms with Crippen LogP contribution in [0.3, 0.4) is 0 Å². The number of benzene rings is 1. The van der Waals surface area contributed by atoms with Gasteiger partial charge in [0.05, 0.1) is 10.6 Å². The molecule has 0 amide bonds. The van der Waals surface area contributed by atoms with Gasteiger partial charge in [0.15, 0.2) is 9.84 Å². The molecule has 0 saturated heterocycles. The summed E-state index contributed by atoms with van der Waals surface area (Å²) >= 11 is 0. The Kier molecular flexibility index (Phi) is 2.70.